The zero-order chi connectivity index (χ0) is 36.8. The Morgan fingerprint density at radius 3 is 2.38 bits per heavy atom. The van der Waals surface area contributed by atoms with Gasteiger partial charge in [0.05, 0.1) is 29.0 Å². The highest BCUT2D eigenvalue weighted by molar-refractivity contribution is 7.91. The number of fused-ring (bicyclic) bond motifs is 1. The van der Waals surface area contributed by atoms with Crippen molar-refractivity contribution in [1.29, 1.82) is 0 Å². The molecule has 0 aliphatic heterocycles. The van der Waals surface area contributed by atoms with E-state index in [2.05, 4.69) is 30.6 Å². The molecular formula is C40H36FN7O4S. The average molecular weight is 730 g/mol. The predicted molar refractivity (Wildman–Crippen MR) is 203 cm³/mol. The second-order valence-corrected chi connectivity index (χ2v) is 14.3. The van der Waals surface area contributed by atoms with Crippen LogP contribution in [0, 0.1) is 12.7 Å². The lowest BCUT2D eigenvalue weighted by Crippen LogP contribution is -2.11. The van der Waals surface area contributed by atoms with E-state index in [1.165, 1.54) is 12.4 Å². The van der Waals surface area contributed by atoms with E-state index in [9.17, 15) is 8.42 Å². The molecule has 3 heterocycles. The number of ether oxygens (including phenoxy) is 2. The van der Waals surface area contributed by atoms with Crippen LogP contribution in [-0.2, 0) is 16.4 Å². The number of nitrogens with zero attached hydrogens (tertiary/aromatic N) is 5. The van der Waals surface area contributed by atoms with Gasteiger partial charge in [0, 0.05) is 42.4 Å². The molecule has 0 radical (unpaired) electrons. The van der Waals surface area contributed by atoms with Crippen molar-refractivity contribution < 1.29 is 22.3 Å². The molecular weight excluding hydrogens is 694 g/mol. The highest BCUT2D eigenvalue weighted by atomic mass is 32.2. The van der Waals surface area contributed by atoms with Crippen LogP contribution >= 0.6 is 0 Å². The number of hydrogen-bond donors (Lipinski definition) is 2. The Morgan fingerprint density at radius 2 is 1.64 bits per heavy atom. The lowest BCUT2D eigenvalue weighted by atomic mass is 10.1. The van der Waals surface area contributed by atoms with Gasteiger partial charge in [0.1, 0.15) is 17.6 Å². The van der Waals surface area contributed by atoms with Crippen LogP contribution in [0.1, 0.15) is 17.7 Å². The standard InChI is InChI=1S/C40H36FN7O4S/c1-27-19-21-43-40(47-27)52-37-18-15-31(23-34(37)41)48-36(24-35-38(48)39(46-26-45-35)44-25-28-9-16-32(51-2)17-10-28)29-11-13-30(14-12-29)42-20-6-22-53(49,50)33-7-4-3-5-8-33/h3-5,7-19,21,23-24,26,42H,6,20,22,25H2,1-2H3,(H,44,45,46). The quantitative estimate of drug-likeness (QED) is 0.106. The fraction of sp³-hybridized carbons (Fsp3) is 0.150. The first-order chi connectivity index (χ1) is 25.8. The van der Waals surface area contributed by atoms with E-state index in [1.807, 2.05) is 59.2 Å². The van der Waals surface area contributed by atoms with Crippen molar-refractivity contribution in [2.45, 2.75) is 24.8 Å². The largest absolute Gasteiger partial charge is 0.497 e. The van der Waals surface area contributed by atoms with E-state index < -0.39 is 15.7 Å². The lowest BCUT2D eigenvalue weighted by Gasteiger charge is -2.15. The number of benzene rings is 4. The smallest absolute Gasteiger partial charge is 0.322 e. The van der Waals surface area contributed by atoms with Gasteiger partial charge in [-0.25, -0.2) is 32.7 Å². The topological polar surface area (TPSA) is 133 Å². The summed E-state index contributed by atoms with van der Waals surface area (Å²) in [4.78, 5) is 17.8. The molecule has 0 fully saturated rings. The van der Waals surface area contributed by atoms with Crippen molar-refractivity contribution in [3.05, 3.63) is 139 Å². The Labute approximate surface area is 306 Å². The van der Waals surface area contributed by atoms with Crippen molar-refractivity contribution in [2.24, 2.45) is 0 Å². The Hall–Kier alpha value is -6.34. The minimum Gasteiger partial charge on any atom is -0.497 e. The fourth-order valence-corrected chi connectivity index (χ4v) is 7.19. The third-order valence-corrected chi connectivity index (χ3v) is 10.4. The molecule has 0 saturated heterocycles. The third-order valence-electron chi connectivity index (χ3n) is 8.56. The first-order valence-corrected chi connectivity index (χ1v) is 18.6. The van der Waals surface area contributed by atoms with Gasteiger partial charge in [-0.3, -0.25) is 0 Å². The molecule has 0 bridgehead atoms. The van der Waals surface area contributed by atoms with E-state index in [4.69, 9.17) is 9.47 Å². The molecule has 7 rings (SSSR count). The van der Waals surface area contributed by atoms with Crippen LogP contribution < -0.4 is 20.1 Å². The number of rotatable bonds is 14. The molecule has 3 aromatic heterocycles. The molecule has 2 N–H and O–H groups in total. The summed E-state index contributed by atoms with van der Waals surface area (Å²) in [6.07, 6.45) is 3.50. The number of halogens is 1. The van der Waals surface area contributed by atoms with Gasteiger partial charge in [-0.05, 0) is 85.1 Å². The second kappa shape index (κ2) is 15.5. The van der Waals surface area contributed by atoms with Crippen molar-refractivity contribution >= 4 is 32.4 Å². The number of aromatic nitrogens is 5. The summed E-state index contributed by atoms with van der Waals surface area (Å²) in [5.41, 5.74) is 5.98. The van der Waals surface area contributed by atoms with Gasteiger partial charge < -0.3 is 24.7 Å². The highest BCUT2D eigenvalue weighted by Gasteiger charge is 2.20. The number of sulfone groups is 1. The highest BCUT2D eigenvalue weighted by Crippen LogP contribution is 2.36. The van der Waals surface area contributed by atoms with Crippen LogP contribution in [0.4, 0.5) is 15.9 Å². The maximum Gasteiger partial charge on any atom is 0.322 e. The molecule has 0 aliphatic carbocycles. The Balaban J connectivity index is 1.18. The molecule has 11 nitrogen and oxygen atoms in total. The van der Waals surface area contributed by atoms with Gasteiger partial charge in [-0.1, -0.05) is 42.5 Å². The van der Waals surface area contributed by atoms with Crippen LogP contribution in [0.25, 0.3) is 28.0 Å². The minimum absolute atomic E-state index is 0.0153. The first kappa shape index (κ1) is 35.1. The number of nitrogens with one attached hydrogen (secondary N) is 2. The SMILES string of the molecule is COc1ccc(CNc2ncnc3cc(-c4ccc(NCCCS(=O)(=O)c5ccccc5)cc4)n(-c4ccc(Oc5nccc(C)n5)c(F)c4)c23)cc1. The summed E-state index contributed by atoms with van der Waals surface area (Å²) in [5.74, 6) is 0.751. The summed E-state index contributed by atoms with van der Waals surface area (Å²) in [6, 6.07) is 32.4. The first-order valence-electron chi connectivity index (χ1n) is 16.9. The van der Waals surface area contributed by atoms with Gasteiger partial charge >= 0.3 is 6.01 Å². The Kier molecular flexibility index (Phi) is 10.3. The zero-order valence-electron chi connectivity index (χ0n) is 29.0. The molecule has 4 aromatic carbocycles. The van der Waals surface area contributed by atoms with E-state index >= 15 is 4.39 Å². The van der Waals surface area contributed by atoms with Gasteiger partial charge in [-0.2, -0.15) is 0 Å². The molecule has 0 amide bonds. The molecule has 0 saturated carbocycles. The van der Waals surface area contributed by atoms with Gasteiger partial charge in [0.2, 0.25) is 0 Å². The monoisotopic (exact) mass is 729 g/mol. The normalized spacial score (nSPS) is 11.4. The van der Waals surface area contributed by atoms with E-state index in [0.717, 1.165) is 28.3 Å². The molecule has 53 heavy (non-hydrogen) atoms. The Bertz CT molecular complexity index is 2460. The summed E-state index contributed by atoms with van der Waals surface area (Å²) >= 11 is 0. The van der Waals surface area contributed by atoms with Crippen LogP contribution in [0.3, 0.4) is 0 Å². The molecule has 268 valence electrons. The van der Waals surface area contributed by atoms with Crippen molar-refractivity contribution in [3.63, 3.8) is 0 Å². The number of methoxy groups -OCH3 is 1. The summed E-state index contributed by atoms with van der Waals surface area (Å²) < 4.78 is 54.0. The third kappa shape index (κ3) is 8.10. The molecule has 13 heteroatoms. The Morgan fingerprint density at radius 1 is 0.849 bits per heavy atom. The number of hydrogen-bond acceptors (Lipinski definition) is 10. The molecule has 0 spiro atoms. The van der Waals surface area contributed by atoms with E-state index in [1.54, 1.807) is 68.8 Å². The van der Waals surface area contributed by atoms with Crippen LogP contribution in [-0.4, -0.2) is 52.3 Å². The fourth-order valence-electron chi connectivity index (χ4n) is 5.86. The minimum atomic E-state index is -3.36. The van der Waals surface area contributed by atoms with Crippen LogP contribution in [0.2, 0.25) is 0 Å². The van der Waals surface area contributed by atoms with Crippen LogP contribution in [0.5, 0.6) is 17.5 Å². The van der Waals surface area contributed by atoms with Gasteiger partial charge in [0.25, 0.3) is 0 Å². The molecule has 0 atom stereocenters. The average Bonchev–Trinajstić information content (AvgIpc) is 3.58. The van der Waals surface area contributed by atoms with E-state index in [-0.39, 0.29) is 17.5 Å². The molecule has 0 aliphatic rings. The van der Waals surface area contributed by atoms with Crippen molar-refractivity contribution in [2.75, 3.05) is 30.0 Å². The number of anilines is 2. The van der Waals surface area contributed by atoms with E-state index in [0.29, 0.717) is 52.6 Å². The van der Waals surface area contributed by atoms with Gasteiger partial charge in [-0.15, -0.1) is 0 Å². The summed E-state index contributed by atoms with van der Waals surface area (Å²) in [7, 11) is -1.73. The van der Waals surface area contributed by atoms with Crippen molar-refractivity contribution in [1.82, 2.24) is 24.5 Å². The maximum absolute atomic E-state index is 15.8. The maximum atomic E-state index is 15.8. The number of aryl methyl sites for hydroxylation is 1. The predicted octanol–water partition coefficient (Wildman–Crippen LogP) is 8.01. The van der Waals surface area contributed by atoms with Crippen LogP contribution in [0.15, 0.2) is 127 Å². The van der Waals surface area contributed by atoms with Crippen molar-refractivity contribution in [3.8, 4) is 34.5 Å². The lowest BCUT2D eigenvalue weighted by molar-refractivity contribution is 0.410. The summed E-state index contributed by atoms with van der Waals surface area (Å²) in [6.45, 7) is 2.75. The second-order valence-electron chi connectivity index (χ2n) is 12.2. The molecule has 7 aromatic rings. The molecule has 0 unspecified atom stereocenters. The van der Waals surface area contributed by atoms with Gasteiger partial charge in [0.15, 0.2) is 27.2 Å². The zero-order valence-corrected chi connectivity index (χ0v) is 29.8. The summed E-state index contributed by atoms with van der Waals surface area (Å²) in [5, 5.41) is 6.76.